The normalized spacial score (nSPS) is 36.7. The van der Waals surface area contributed by atoms with Gasteiger partial charge in [0.2, 0.25) is 0 Å². The minimum atomic E-state index is 0.844. The van der Waals surface area contributed by atoms with Crippen molar-refractivity contribution in [2.24, 2.45) is 5.92 Å². The van der Waals surface area contributed by atoms with E-state index >= 15 is 0 Å². The van der Waals surface area contributed by atoms with E-state index in [-0.39, 0.29) is 0 Å². The molecule has 2 rings (SSSR count). The molecule has 2 aliphatic rings. The van der Waals surface area contributed by atoms with E-state index in [0.29, 0.717) is 0 Å². The highest BCUT2D eigenvalue weighted by atomic mass is 15.0. The summed E-state index contributed by atoms with van der Waals surface area (Å²) in [5, 5.41) is 3.87. The molecular weight excluding hydrogens is 158 g/mol. The second-order valence-corrected chi connectivity index (χ2v) is 5.02. The van der Waals surface area contributed by atoms with Gasteiger partial charge in [-0.1, -0.05) is 32.6 Å². The van der Waals surface area contributed by atoms with Crippen LogP contribution in [0.15, 0.2) is 0 Å². The third-order valence-electron chi connectivity index (χ3n) is 3.92. The minimum Gasteiger partial charge on any atom is -0.311 e. The van der Waals surface area contributed by atoms with Gasteiger partial charge in [-0.2, -0.15) is 0 Å². The summed E-state index contributed by atoms with van der Waals surface area (Å²) < 4.78 is 0. The highest BCUT2D eigenvalue weighted by Gasteiger charge is 2.24. The molecule has 0 aromatic heterocycles. The van der Waals surface area contributed by atoms with Crippen LogP contribution in [0.4, 0.5) is 0 Å². The highest BCUT2D eigenvalue weighted by molar-refractivity contribution is 4.83. The standard InChI is InChI=1S/C12H23N/c1-10-6-2-5-9-12(10)13-11-7-3-4-8-11/h10-13H,2-9H2,1H3. The Balaban J connectivity index is 1.78. The molecule has 1 nitrogen and oxygen atoms in total. The Morgan fingerprint density at radius 2 is 1.46 bits per heavy atom. The summed E-state index contributed by atoms with van der Waals surface area (Å²) in [6, 6.07) is 1.71. The van der Waals surface area contributed by atoms with Crippen molar-refractivity contribution in [2.45, 2.75) is 70.4 Å². The molecule has 0 radical (unpaired) electrons. The van der Waals surface area contributed by atoms with E-state index in [1.165, 1.54) is 51.4 Å². The lowest BCUT2D eigenvalue weighted by Gasteiger charge is -2.32. The van der Waals surface area contributed by atoms with Crippen molar-refractivity contribution in [1.29, 1.82) is 0 Å². The van der Waals surface area contributed by atoms with Gasteiger partial charge in [0.25, 0.3) is 0 Å². The molecule has 0 aromatic carbocycles. The molecule has 2 fully saturated rings. The molecule has 0 spiro atoms. The zero-order valence-corrected chi connectivity index (χ0v) is 8.89. The van der Waals surface area contributed by atoms with Crippen LogP contribution >= 0.6 is 0 Å². The van der Waals surface area contributed by atoms with Crippen LogP contribution in [0.3, 0.4) is 0 Å². The van der Waals surface area contributed by atoms with Gasteiger partial charge in [-0.3, -0.25) is 0 Å². The van der Waals surface area contributed by atoms with Crippen molar-refractivity contribution in [2.75, 3.05) is 0 Å². The van der Waals surface area contributed by atoms with Crippen LogP contribution in [0.25, 0.3) is 0 Å². The first kappa shape index (κ1) is 9.51. The van der Waals surface area contributed by atoms with Gasteiger partial charge in [0.05, 0.1) is 0 Å². The van der Waals surface area contributed by atoms with Crippen molar-refractivity contribution in [3.63, 3.8) is 0 Å². The summed E-state index contributed by atoms with van der Waals surface area (Å²) in [7, 11) is 0. The van der Waals surface area contributed by atoms with Gasteiger partial charge < -0.3 is 5.32 Å². The SMILES string of the molecule is CC1CCCCC1NC1CCCC1. The first-order chi connectivity index (χ1) is 6.36. The maximum absolute atomic E-state index is 3.87. The molecule has 2 aliphatic carbocycles. The largest absolute Gasteiger partial charge is 0.311 e. The molecule has 0 aromatic rings. The molecule has 0 aliphatic heterocycles. The van der Waals surface area contributed by atoms with E-state index in [4.69, 9.17) is 0 Å². The molecule has 2 saturated carbocycles. The Morgan fingerprint density at radius 3 is 2.15 bits per heavy atom. The lowest BCUT2D eigenvalue weighted by Crippen LogP contribution is -2.42. The average molecular weight is 181 g/mol. The maximum Gasteiger partial charge on any atom is 0.00952 e. The van der Waals surface area contributed by atoms with Crippen LogP contribution in [-0.4, -0.2) is 12.1 Å². The van der Waals surface area contributed by atoms with Gasteiger partial charge >= 0.3 is 0 Å². The van der Waals surface area contributed by atoms with Gasteiger partial charge in [0.1, 0.15) is 0 Å². The average Bonchev–Trinajstić information content (AvgIpc) is 2.61. The quantitative estimate of drug-likeness (QED) is 0.690. The molecule has 1 heteroatoms. The number of rotatable bonds is 2. The van der Waals surface area contributed by atoms with E-state index < -0.39 is 0 Å². The van der Waals surface area contributed by atoms with Crippen molar-refractivity contribution in [3.8, 4) is 0 Å². The van der Waals surface area contributed by atoms with Crippen molar-refractivity contribution >= 4 is 0 Å². The summed E-state index contributed by atoms with van der Waals surface area (Å²) >= 11 is 0. The highest BCUT2D eigenvalue weighted by Crippen LogP contribution is 2.26. The molecule has 2 atom stereocenters. The van der Waals surface area contributed by atoms with E-state index in [9.17, 15) is 0 Å². The molecule has 13 heavy (non-hydrogen) atoms. The van der Waals surface area contributed by atoms with Gasteiger partial charge in [-0.25, -0.2) is 0 Å². The summed E-state index contributed by atoms with van der Waals surface area (Å²) in [6.45, 7) is 2.42. The van der Waals surface area contributed by atoms with Crippen molar-refractivity contribution in [3.05, 3.63) is 0 Å². The number of hydrogen-bond donors (Lipinski definition) is 1. The summed E-state index contributed by atoms with van der Waals surface area (Å²) in [5.41, 5.74) is 0. The molecule has 0 amide bonds. The van der Waals surface area contributed by atoms with Crippen LogP contribution in [0.5, 0.6) is 0 Å². The molecule has 0 heterocycles. The molecule has 1 N–H and O–H groups in total. The molecule has 76 valence electrons. The topological polar surface area (TPSA) is 12.0 Å². The molecule has 0 saturated heterocycles. The zero-order chi connectivity index (χ0) is 9.10. The monoisotopic (exact) mass is 181 g/mol. The predicted molar refractivity (Wildman–Crippen MR) is 56.8 cm³/mol. The van der Waals surface area contributed by atoms with E-state index in [1.807, 2.05) is 0 Å². The lowest BCUT2D eigenvalue weighted by atomic mass is 9.85. The predicted octanol–water partition coefficient (Wildman–Crippen LogP) is 3.10. The van der Waals surface area contributed by atoms with Crippen molar-refractivity contribution in [1.82, 2.24) is 5.32 Å². The Morgan fingerprint density at radius 1 is 0.846 bits per heavy atom. The van der Waals surface area contributed by atoms with Gasteiger partial charge in [-0.15, -0.1) is 0 Å². The maximum atomic E-state index is 3.87. The molecule has 2 unspecified atom stereocenters. The lowest BCUT2D eigenvalue weighted by molar-refractivity contribution is 0.258. The second kappa shape index (κ2) is 4.45. The minimum absolute atomic E-state index is 0.844. The Kier molecular flexibility index (Phi) is 3.26. The fraction of sp³-hybridized carbons (Fsp3) is 1.00. The van der Waals surface area contributed by atoms with E-state index in [2.05, 4.69) is 12.2 Å². The Hall–Kier alpha value is -0.0400. The first-order valence-electron chi connectivity index (χ1n) is 6.12. The van der Waals surface area contributed by atoms with E-state index in [0.717, 1.165) is 18.0 Å². The number of nitrogens with one attached hydrogen (secondary N) is 1. The van der Waals surface area contributed by atoms with Gasteiger partial charge in [-0.05, 0) is 31.6 Å². The van der Waals surface area contributed by atoms with Crippen LogP contribution in [0.2, 0.25) is 0 Å². The summed E-state index contributed by atoms with van der Waals surface area (Å²) in [4.78, 5) is 0. The van der Waals surface area contributed by atoms with Crippen LogP contribution < -0.4 is 5.32 Å². The molecule has 0 bridgehead atoms. The van der Waals surface area contributed by atoms with Crippen LogP contribution in [0, 0.1) is 5.92 Å². The zero-order valence-electron chi connectivity index (χ0n) is 8.89. The Bertz CT molecular complexity index is 149. The third-order valence-corrected chi connectivity index (χ3v) is 3.92. The summed E-state index contributed by atoms with van der Waals surface area (Å²) in [6.07, 6.45) is 11.6. The number of hydrogen-bond acceptors (Lipinski definition) is 1. The smallest absolute Gasteiger partial charge is 0.00952 e. The Labute approximate surface area is 82.3 Å². The first-order valence-corrected chi connectivity index (χ1v) is 6.12. The van der Waals surface area contributed by atoms with Gasteiger partial charge in [0.15, 0.2) is 0 Å². The van der Waals surface area contributed by atoms with Crippen molar-refractivity contribution < 1.29 is 0 Å². The molecular formula is C12H23N. The van der Waals surface area contributed by atoms with Crippen LogP contribution in [-0.2, 0) is 0 Å². The fourth-order valence-corrected chi connectivity index (χ4v) is 2.96. The van der Waals surface area contributed by atoms with Gasteiger partial charge in [0, 0.05) is 12.1 Å². The second-order valence-electron chi connectivity index (χ2n) is 5.02. The van der Waals surface area contributed by atoms with Crippen LogP contribution in [0.1, 0.15) is 58.3 Å². The third kappa shape index (κ3) is 2.46. The fourth-order valence-electron chi connectivity index (χ4n) is 2.96. The van der Waals surface area contributed by atoms with E-state index in [1.54, 1.807) is 0 Å². The summed E-state index contributed by atoms with van der Waals surface area (Å²) in [5.74, 6) is 0.925.